The van der Waals surface area contributed by atoms with Crippen molar-refractivity contribution in [2.24, 2.45) is 11.8 Å². The molecular weight excluding hydrogens is 116 g/mol. The fraction of sp³-hybridized carbons (Fsp3) is 1.00. The van der Waals surface area contributed by atoms with Gasteiger partial charge in [-0.25, -0.2) is 0 Å². The van der Waals surface area contributed by atoms with E-state index in [9.17, 15) is 0 Å². The fourth-order valence-corrected chi connectivity index (χ4v) is 2.60. The van der Waals surface area contributed by atoms with Gasteiger partial charge in [0, 0.05) is 5.25 Å². The summed E-state index contributed by atoms with van der Waals surface area (Å²) < 4.78 is 0. The summed E-state index contributed by atoms with van der Waals surface area (Å²) >= 11 is 4.47. The normalized spacial score (nSPS) is 52.9. The molecule has 2 unspecified atom stereocenters. The largest absolute Gasteiger partial charge is 0.175 e. The molecule has 0 radical (unpaired) electrons. The third-order valence-electron chi connectivity index (χ3n) is 2.61. The van der Waals surface area contributed by atoms with Crippen molar-refractivity contribution in [2.75, 3.05) is 0 Å². The van der Waals surface area contributed by atoms with Crippen LogP contribution in [-0.2, 0) is 0 Å². The third kappa shape index (κ3) is 0.604. The lowest BCUT2D eigenvalue weighted by molar-refractivity contribution is 0.480. The summed E-state index contributed by atoms with van der Waals surface area (Å²) in [5.41, 5.74) is 0. The van der Waals surface area contributed by atoms with Crippen LogP contribution in [0.3, 0.4) is 0 Å². The predicted octanol–water partition coefficient (Wildman–Crippen LogP) is 2.10. The molecule has 0 aromatic rings. The van der Waals surface area contributed by atoms with E-state index in [-0.39, 0.29) is 0 Å². The molecule has 0 aliphatic heterocycles. The van der Waals surface area contributed by atoms with Crippen LogP contribution in [0.25, 0.3) is 0 Å². The van der Waals surface area contributed by atoms with Gasteiger partial charge in [-0.3, -0.25) is 0 Å². The van der Waals surface area contributed by atoms with Crippen molar-refractivity contribution in [2.45, 2.75) is 30.9 Å². The van der Waals surface area contributed by atoms with Gasteiger partial charge in [-0.05, 0) is 24.7 Å². The van der Waals surface area contributed by atoms with Crippen molar-refractivity contribution < 1.29 is 0 Å². The minimum Gasteiger partial charge on any atom is -0.175 e. The van der Waals surface area contributed by atoms with E-state index in [4.69, 9.17) is 0 Å². The number of hydrogen-bond acceptors (Lipinski definition) is 1. The zero-order chi connectivity index (χ0) is 5.56. The van der Waals surface area contributed by atoms with Crippen LogP contribution < -0.4 is 0 Å². The Morgan fingerprint density at radius 2 is 1.50 bits per heavy atom. The summed E-state index contributed by atoms with van der Waals surface area (Å²) in [6, 6.07) is 0. The van der Waals surface area contributed by atoms with Gasteiger partial charge in [0.2, 0.25) is 0 Å². The van der Waals surface area contributed by atoms with Crippen LogP contribution in [0, 0.1) is 11.8 Å². The molecule has 2 aliphatic rings. The number of thiol groups is 1. The lowest BCUT2D eigenvalue weighted by atomic mass is 10.0. The van der Waals surface area contributed by atoms with Gasteiger partial charge in [0.15, 0.2) is 0 Å². The molecule has 0 heterocycles. The Labute approximate surface area is 56.1 Å². The lowest BCUT2D eigenvalue weighted by Crippen LogP contribution is -1.91. The van der Waals surface area contributed by atoms with Crippen LogP contribution in [0.15, 0.2) is 0 Å². The number of hydrogen-bond donors (Lipinski definition) is 1. The standard InChI is InChI=1S/C7H12S/c8-7-5-3-1-2-4-6(5)7/h5-8H,1-4H2. The SMILES string of the molecule is SC1C2CCCCC12. The van der Waals surface area contributed by atoms with Crippen molar-refractivity contribution in [1.82, 2.24) is 0 Å². The van der Waals surface area contributed by atoms with Crippen molar-refractivity contribution in [1.29, 1.82) is 0 Å². The Bertz CT molecular complexity index is 88.6. The Hall–Kier alpha value is 0.350. The van der Waals surface area contributed by atoms with Gasteiger partial charge in [-0.15, -0.1) is 0 Å². The summed E-state index contributed by atoms with van der Waals surface area (Å²) in [5, 5.41) is 0.803. The smallest absolute Gasteiger partial charge is 0.00794 e. The molecule has 2 aliphatic carbocycles. The summed E-state index contributed by atoms with van der Waals surface area (Å²) in [6.07, 6.45) is 5.88. The Kier molecular flexibility index (Phi) is 1.07. The Morgan fingerprint density at radius 1 is 1.00 bits per heavy atom. The Morgan fingerprint density at radius 3 is 1.88 bits per heavy atom. The van der Waals surface area contributed by atoms with E-state index in [0.29, 0.717) is 0 Å². The van der Waals surface area contributed by atoms with E-state index < -0.39 is 0 Å². The highest BCUT2D eigenvalue weighted by Gasteiger charge is 2.47. The summed E-state index contributed by atoms with van der Waals surface area (Å²) in [7, 11) is 0. The van der Waals surface area contributed by atoms with Gasteiger partial charge < -0.3 is 0 Å². The van der Waals surface area contributed by atoms with Gasteiger partial charge in [0.1, 0.15) is 0 Å². The van der Waals surface area contributed by atoms with Crippen molar-refractivity contribution in [3.05, 3.63) is 0 Å². The van der Waals surface area contributed by atoms with Crippen LogP contribution in [0.4, 0.5) is 0 Å². The zero-order valence-corrected chi connectivity index (χ0v) is 5.90. The van der Waals surface area contributed by atoms with E-state index in [1.165, 1.54) is 25.7 Å². The molecule has 2 atom stereocenters. The van der Waals surface area contributed by atoms with E-state index in [1.54, 1.807) is 0 Å². The van der Waals surface area contributed by atoms with E-state index in [0.717, 1.165) is 17.1 Å². The quantitative estimate of drug-likeness (QED) is 0.475. The molecule has 0 saturated heterocycles. The van der Waals surface area contributed by atoms with Gasteiger partial charge >= 0.3 is 0 Å². The topological polar surface area (TPSA) is 0 Å². The van der Waals surface area contributed by atoms with Gasteiger partial charge in [0.05, 0.1) is 0 Å². The molecule has 8 heavy (non-hydrogen) atoms. The molecule has 1 heteroatoms. The minimum atomic E-state index is 0.803. The van der Waals surface area contributed by atoms with E-state index in [2.05, 4.69) is 12.6 Å². The first-order valence-corrected chi connectivity index (χ1v) is 4.09. The molecule has 0 amide bonds. The highest BCUT2D eigenvalue weighted by Crippen LogP contribution is 2.52. The molecular formula is C7H12S. The summed E-state index contributed by atoms with van der Waals surface area (Å²) in [6.45, 7) is 0. The first kappa shape index (κ1) is 5.16. The molecule has 0 bridgehead atoms. The van der Waals surface area contributed by atoms with Gasteiger partial charge in [0.25, 0.3) is 0 Å². The van der Waals surface area contributed by atoms with Crippen LogP contribution in [-0.4, -0.2) is 5.25 Å². The maximum atomic E-state index is 4.47. The molecule has 0 aromatic carbocycles. The molecule has 2 fully saturated rings. The van der Waals surface area contributed by atoms with Crippen molar-refractivity contribution in [3.8, 4) is 0 Å². The molecule has 2 rings (SSSR count). The highest BCUT2D eigenvalue weighted by molar-refractivity contribution is 7.81. The van der Waals surface area contributed by atoms with Crippen LogP contribution in [0.5, 0.6) is 0 Å². The molecule has 0 spiro atoms. The number of fused-ring (bicyclic) bond motifs is 1. The molecule has 0 aromatic heterocycles. The zero-order valence-electron chi connectivity index (χ0n) is 5.01. The molecule has 0 nitrogen and oxygen atoms in total. The summed E-state index contributed by atoms with van der Waals surface area (Å²) in [5.74, 6) is 2.07. The summed E-state index contributed by atoms with van der Waals surface area (Å²) in [4.78, 5) is 0. The maximum absolute atomic E-state index is 4.47. The highest BCUT2D eigenvalue weighted by atomic mass is 32.1. The average Bonchev–Trinajstić information content (AvgIpc) is 2.46. The van der Waals surface area contributed by atoms with Crippen molar-refractivity contribution in [3.63, 3.8) is 0 Å². The Balaban J connectivity index is 1.97. The van der Waals surface area contributed by atoms with Gasteiger partial charge in [-0.2, -0.15) is 12.6 Å². The second-order valence-corrected chi connectivity index (χ2v) is 3.70. The fourth-order valence-electron chi connectivity index (χ4n) is 1.95. The molecule has 46 valence electrons. The number of rotatable bonds is 0. The minimum absolute atomic E-state index is 0.803. The third-order valence-corrected chi connectivity index (χ3v) is 3.38. The molecule has 0 N–H and O–H groups in total. The maximum Gasteiger partial charge on any atom is 0.00794 e. The first-order valence-electron chi connectivity index (χ1n) is 3.57. The van der Waals surface area contributed by atoms with Crippen molar-refractivity contribution >= 4 is 12.6 Å². The molecule has 2 saturated carbocycles. The van der Waals surface area contributed by atoms with E-state index >= 15 is 0 Å². The second-order valence-electron chi connectivity index (χ2n) is 3.10. The van der Waals surface area contributed by atoms with Crippen LogP contribution in [0.2, 0.25) is 0 Å². The van der Waals surface area contributed by atoms with Gasteiger partial charge in [-0.1, -0.05) is 12.8 Å². The van der Waals surface area contributed by atoms with Crippen LogP contribution in [0.1, 0.15) is 25.7 Å². The van der Waals surface area contributed by atoms with Crippen LogP contribution >= 0.6 is 12.6 Å². The lowest BCUT2D eigenvalue weighted by Gasteiger charge is -2.04. The second kappa shape index (κ2) is 1.66. The first-order chi connectivity index (χ1) is 3.89. The average molecular weight is 128 g/mol. The predicted molar refractivity (Wildman–Crippen MR) is 38.2 cm³/mol. The van der Waals surface area contributed by atoms with E-state index in [1.807, 2.05) is 0 Å². The monoisotopic (exact) mass is 128 g/mol.